The molecule has 1 rings (SSSR count). The van der Waals surface area contributed by atoms with Crippen LogP contribution in [0, 0.1) is 0 Å². The van der Waals surface area contributed by atoms with Gasteiger partial charge in [0.1, 0.15) is 5.56 Å². The molecule has 11 heavy (non-hydrogen) atoms. The van der Waals surface area contributed by atoms with Gasteiger partial charge in [-0.25, -0.2) is 0 Å². The second kappa shape index (κ2) is 2.92. The quantitative estimate of drug-likeness (QED) is 0.624. The third-order valence-electron chi connectivity index (χ3n) is 1.20. The van der Waals surface area contributed by atoms with Crippen LogP contribution in [-0.4, -0.2) is 22.1 Å². The van der Waals surface area contributed by atoms with Crippen molar-refractivity contribution in [1.29, 1.82) is 0 Å². The van der Waals surface area contributed by atoms with Gasteiger partial charge in [-0.15, -0.1) is 5.10 Å². The fraction of sp³-hybridized carbons (Fsp3) is 0.333. The summed E-state index contributed by atoms with van der Waals surface area (Å²) in [7, 11) is 3.12. The molecule has 0 atom stereocenters. The van der Waals surface area contributed by atoms with Gasteiger partial charge in [-0.05, 0) is 11.6 Å². The lowest BCUT2D eigenvalue weighted by Crippen LogP contribution is -1.91. The van der Waals surface area contributed by atoms with Gasteiger partial charge >= 0.3 is 0 Å². The third kappa shape index (κ3) is 1.51. The molecule has 0 aromatic carbocycles. The topological polar surface area (TPSA) is 44.1 Å². The molecular formula is C6H7ClN2O2. The molecular weight excluding hydrogens is 168 g/mol. The van der Waals surface area contributed by atoms with Crippen LogP contribution >= 0.6 is 11.6 Å². The Morgan fingerprint density at radius 3 is 2.82 bits per heavy atom. The fourth-order valence-corrected chi connectivity index (χ4v) is 0.883. The van der Waals surface area contributed by atoms with Crippen LogP contribution in [0.5, 0.6) is 5.88 Å². The van der Waals surface area contributed by atoms with E-state index in [4.69, 9.17) is 16.3 Å². The van der Waals surface area contributed by atoms with Gasteiger partial charge in [0, 0.05) is 13.2 Å². The highest BCUT2D eigenvalue weighted by Gasteiger charge is 2.13. The van der Waals surface area contributed by atoms with Crippen LogP contribution in [0.25, 0.3) is 0 Å². The monoisotopic (exact) mass is 174 g/mol. The Bertz CT molecular complexity index is 282. The summed E-state index contributed by atoms with van der Waals surface area (Å²) in [5.41, 5.74) is 0.289. The molecule has 0 amide bonds. The van der Waals surface area contributed by atoms with Crippen molar-refractivity contribution in [2.24, 2.45) is 7.05 Å². The van der Waals surface area contributed by atoms with Crippen molar-refractivity contribution >= 4 is 16.8 Å². The van der Waals surface area contributed by atoms with Gasteiger partial charge in [0.25, 0.3) is 5.24 Å². The minimum atomic E-state index is -0.560. The van der Waals surface area contributed by atoms with E-state index in [-0.39, 0.29) is 11.4 Å². The predicted molar refractivity (Wildman–Crippen MR) is 39.9 cm³/mol. The molecule has 0 unspecified atom stereocenters. The lowest BCUT2D eigenvalue weighted by atomic mass is 10.4. The molecule has 0 bridgehead atoms. The standard InChI is InChI=1S/C6H7ClN2O2/c1-9-3-4(5(7)10)6(8-9)11-2/h3H,1-2H3. The van der Waals surface area contributed by atoms with Gasteiger partial charge in [-0.2, -0.15) is 0 Å². The zero-order valence-corrected chi connectivity index (χ0v) is 6.92. The van der Waals surface area contributed by atoms with Crippen molar-refractivity contribution < 1.29 is 9.53 Å². The maximum absolute atomic E-state index is 10.7. The average Bonchev–Trinajstić information content (AvgIpc) is 2.30. The van der Waals surface area contributed by atoms with E-state index in [9.17, 15) is 4.79 Å². The molecule has 0 aliphatic carbocycles. The summed E-state index contributed by atoms with van der Waals surface area (Å²) in [6.07, 6.45) is 1.51. The molecule has 5 heteroatoms. The molecule has 0 fully saturated rings. The molecule has 60 valence electrons. The minimum Gasteiger partial charge on any atom is -0.479 e. The predicted octanol–water partition coefficient (Wildman–Crippen LogP) is 0.808. The second-order valence-corrected chi connectivity index (χ2v) is 2.34. The zero-order chi connectivity index (χ0) is 8.43. The van der Waals surface area contributed by atoms with E-state index in [1.54, 1.807) is 7.05 Å². The molecule has 0 N–H and O–H groups in total. The highest BCUT2D eigenvalue weighted by molar-refractivity contribution is 6.68. The number of carbonyl (C=O) groups excluding carboxylic acids is 1. The summed E-state index contributed by atoms with van der Waals surface area (Å²) in [4.78, 5) is 10.7. The SMILES string of the molecule is COc1nn(C)cc1C(=O)Cl. The number of nitrogens with zero attached hydrogens (tertiary/aromatic N) is 2. The Kier molecular flexibility index (Phi) is 2.14. The summed E-state index contributed by atoms with van der Waals surface area (Å²) >= 11 is 5.23. The molecule has 1 aromatic rings. The van der Waals surface area contributed by atoms with Crippen LogP contribution < -0.4 is 4.74 Å². The van der Waals surface area contributed by atoms with Gasteiger partial charge in [0.05, 0.1) is 7.11 Å². The van der Waals surface area contributed by atoms with E-state index in [1.165, 1.54) is 18.0 Å². The van der Waals surface area contributed by atoms with E-state index in [1.807, 2.05) is 0 Å². The summed E-state index contributed by atoms with van der Waals surface area (Å²) < 4.78 is 6.26. The van der Waals surface area contributed by atoms with E-state index in [0.717, 1.165) is 0 Å². The first-order valence-electron chi connectivity index (χ1n) is 2.92. The first-order chi connectivity index (χ1) is 5.15. The summed E-state index contributed by atoms with van der Waals surface area (Å²) in [6.45, 7) is 0. The van der Waals surface area contributed by atoms with Gasteiger partial charge in [-0.1, -0.05) is 0 Å². The van der Waals surface area contributed by atoms with Gasteiger partial charge in [0.15, 0.2) is 0 Å². The maximum atomic E-state index is 10.7. The minimum absolute atomic E-state index is 0.257. The largest absolute Gasteiger partial charge is 0.479 e. The maximum Gasteiger partial charge on any atom is 0.259 e. The van der Waals surface area contributed by atoms with Crippen molar-refractivity contribution in [3.05, 3.63) is 11.8 Å². The van der Waals surface area contributed by atoms with E-state index >= 15 is 0 Å². The third-order valence-corrected chi connectivity index (χ3v) is 1.40. The van der Waals surface area contributed by atoms with Gasteiger partial charge in [0.2, 0.25) is 5.88 Å². The number of halogens is 1. The van der Waals surface area contributed by atoms with Crippen LogP contribution in [-0.2, 0) is 7.05 Å². The number of methoxy groups -OCH3 is 1. The molecule has 0 saturated heterocycles. The average molecular weight is 175 g/mol. The number of aromatic nitrogens is 2. The molecule has 0 spiro atoms. The van der Waals surface area contributed by atoms with E-state index < -0.39 is 5.24 Å². The molecule has 1 aromatic heterocycles. The normalized spacial score (nSPS) is 9.73. The second-order valence-electron chi connectivity index (χ2n) is 2.00. The Labute approximate surface area is 68.7 Å². The number of hydrogen-bond donors (Lipinski definition) is 0. The van der Waals surface area contributed by atoms with Crippen LogP contribution in [0.15, 0.2) is 6.20 Å². The van der Waals surface area contributed by atoms with Gasteiger partial charge < -0.3 is 4.74 Å². The fourth-order valence-electron chi connectivity index (χ4n) is 0.754. The van der Waals surface area contributed by atoms with Crippen molar-refractivity contribution in [1.82, 2.24) is 9.78 Å². The van der Waals surface area contributed by atoms with Crippen molar-refractivity contribution in [3.8, 4) is 5.88 Å². The Balaban J connectivity index is 3.12. The number of ether oxygens (including phenoxy) is 1. The Hall–Kier alpha value is -1.03. The Morgan fingerprint density at radius 1 is 1.82 bits per heavy atom. The zero-order valence-electron chi connectivity index (χ0n) is 6.17. The molecule has 0 aliphatic heterocycles. The van der Waals surface area contributed by atoms with Crippen molar-refractivity contribution in [2.75, 3.05) is 7.11 Å². The lowest BCUT2D eigenvalue weighted by Gasteiger charge is -1.92. The highest BCUT2D eigenvalue weighted by atomic mass is 35.5. The number of rotatable bonds is 2. The summed E-state index contributed by atoms with van der Waals surface area (Å²) in [5, 5.41) is 3.28. The molecule has 4 nitrogen and oxygen atoms in total. The molecule has 0 saturated carbocycles. The molecule has 1 heterocycles. The van der Waals surface area contributed by atoms with Crippen molar-refractivity contribution in [3.63, 3.8) is 0 Å². The summed E-state index contributed by atoms with van der Waals surface area (Å²) in [6, 6.07) is 0. The lowest BCUT2D eigenvalue weighted by molar-refractivity contribution is 0.107. The van der Waals surface area contributed by atoms with Crippen LogP contribution in [0.3, 0.4) is 0 Å². The number of hydrogen-bond acceptors (Lipinski definition) is 3. The van der Waals surface area contributed by atoms with Crippen LogP contribution in [0.1, 0.15) is 10.4 Å². The first-order valence-corrected chi connectivity index (χ1v) is 3.30. The Morgan fingerprint density at radius 2 is 2.45 bits per heavy atom. The van der Waals surface area contributed by atoms with Crippen molar-refractivity contribution in [2.45, 2.75) is 0 Å². The smallest absolute Gasteiger partial charge is 0.259 e. The van der Waals surface area contributed by atoms with Crippen LogP contribution in [0.4, 0.5) is 0 Å². The number of aryl methyl sites for hydroxylation is 1. The molecule has 0 radical (unpaired) electrons. The number of carbonyl (C=O) groups is 1. The van der Waals surface area contributed by atoms with E-state index in [2.05, 4.69) is 5.10 Å². The highest BCUT2D eigenvalue weighted by Crippen LogP contribution is 2.16. The molecule has 0 aliphatic rings. The van der Waals surface area contributed by atoms with Gasteiger partial charge in [-0.3, -0.25) is 9.48 Å². The van der Waals surface area contributed by atoms with E-state index in [0.29, 0.717) is 0 Å². The van der Waals surface area contributed by atoms with Crippen LogP contribution in [0.2, 0.25) is 0 Å². The summed E-state index contributed by atoms with van der Waals surface area (Å²) in [5.74, 6) is 0.257. The first kappa shape index (κ1) is 8.07.